The van der Waals surface area contributed by atoms with E-state index >= 15 is 0 Å². The highest BCUT2D eigenvalue weighted by Gasteiger charge is 2.11. The number of hydrogen-bond donors (Lipinski definition) is 1. The molecule has 5 nitrogen and oxygen atoms in total. The van der Waals surface area contributed by atoms with Crippen LogP contribution in [-0.4, -0.2) is 17.7 Å². The van der Waals surface area contributed by atoms with Crippen LogP contribution in [0.5, 0.6) is 5.75 Å². The van der Waals surface area contributed by atoms with E-state index in [0.29, 0.717) is 18.7 Å². The number of carbonyl (C=O) groups is 2. The molecule has 0 atom stereocenters. The molecule has 3 rings (SSSR count). The van der Waals surface area contributed by atoms with E-state index in [-0.39, 0.29) is 24.7 Å². The Balaban J connectivity index is 1.52. The summed E-state index contributed by atoms with van der Waals surface area (Å²) < 4.78 is 11.2. The van der Waals surface area contributed by atoms with Gasteiger partial charge in [-0.05, 0) is 53.1 Å². The predicted molar refractivity (Wildman–Crippen MR) is 99.4 cm³/mol. The fourth-order valence-electron chi connectivity index (χ4n) is 2.51. The van der Waals surface area contributed by atoms with Gasteiger partial charge in [0.2, 0.25) is 5.24 Å². The minimum absolute atomic E-state index is 0.208. The monoisotopic (exact) mass is 371 g/mol. The maximum atomic E-state index is 12.0. The molecule has 0 aliphatic heterocycles. The number of benzene rings is 2. The summed E-state index contributed by atoms with van der Waals surface area (Å²) in [7, 11) is 0. The molecule has 0 spiro atoms. The second kappa shape index (κ2) is 8.54. The summed E-state index contributed by atoms with van der Waals surface area (Å²) in [5.41, 5.74) is 0. The van der Waals surface area contributed by atoms with Crippen LogP contribution in [0.2, 0.25) is 0 Å². The molecule has 1 heterocycles. The first-order valence-corrected chi connectivity index (χ1v) is 8.66. The van der Waals surface area contributed by atoms with Gasteiger partial charge in [0.05, 0.1) is 0 Å². The average molecular weight is 372 g/mol. The standard InChI is InChI=1S/C20H18ClNO4/c21-19(23)6-3-11-22-20(24)18-10-9-17(26-18)13-25-16-8-7-14-4-1-2-5-15(14)12-16/h1-2,4-5,7-10,12H,3,6,11,13H2,(H,22,24). The van der Waals surface area contributed by atoms with Crippen LogP contribution in [0.3, 0.4) is 0 Å². The fraction of sp³-hybridized carbons (Fsp3) is 0.200. The quantitative estimate of drug-likeness (QED) is 0.474. The van der Waals surface area contributed by atoms with E-state index in [1.165, 1.54) is 0 Å². The maximum Gasteiger partial charge on any atom is 0.286 e. The van der Waals surface area contributed by atoms with Gasteiger partial charge in [0.25, 0.3) is 5.91 Å². The molecule has 0 fully saturated rings. The Hall–Kier alpha value is -2.79. The Morgan fingerprint density at radius 2 is 1.85 bits per heavy atom. The molecule has 3 aromatic rings. The van der Waals surface area contributed by atoms with Crippen LogP contribution in [0.15, 0.2) is 59.0 Å². The zero-order valence-corrected chi connectivity index (χ0v) is 14.8. The lowest BCUT2D eigenvalue weighted by atomic mass is 10.1. The summed E-state index contributed by atoms with van der Waals surface area (Å²) in [6.07, 6.45) is 0.720. The largest absolute Gasteiger partial charge is 0.486 e. The lowest BCUT2D eigenvalue weighted by molar-refractivity contribution is -0.111. The molecule has 134 valence electrons. The van der Waals surface area contributed by atoms with E-state index in [1.54, 1.807) is 12.1 Å². The van der Waals surface area contributed by atoms with Crippen molar-refractivity contribution in [1.29, 1.82) is 0 Å². The van der Waals surface area contributed by atoms with Crippen molar-refractivity contribution in [3.8, 4) is 5.75 Å². The van der Waals surface area contributed by atoms with Gasteiger partial charge in [0, 0.05) is 13.0 Å². The SMILES string of the molecule is O=C(Cl)CCCNC(=O)c1ccc(COc2ccc3ccccc3c2)o1. The third kappa shape index (κ3) is 4.86. The van der Waals surface area contributed by atoms with Crippen molar-refractivity contribution in [3.63, 3.8) is 0 Å². The van der Waals surface area contributed by atoms with Gasteiger partial charge in [-0.1, -0.05) is 30.3 Å². The average Bonchev–Trinajstić information content (AvgIpc) is 3.12. The number of hydrogen-bond acceptors (Lipinski definition) is 4. The molecule has 2 aromatic carbocycles. The first kappa shape index (κ1) is 18.0. The normalized spacial score (nSPS) is 10.7. The van der Waals surface area contributed by atoms with Crippen molar-refractivity contribution in [1.82, 2.24) is 5.32 Å². The minimum atomic E-state index is -0.412. The number of ether oxygens (including phenoxy) is 1. The van der Waals surface area contributed by atoms with Crippen LogP contribution in [0.1, 0.15) is 29.2 Å². The first-order chi connectivity index (χ1) is 12.6. The highest BCUT2D eigenvalue weighted by Crippen LogP contribution is 2.21. The zero-order chi connectivity index (χ0) is 18.4. The molecule has 0 bridgehead atoms. The van der Waals surface area contributed by atoms with E-state index in [2.05, 4.69) is 5.32 Å². The summed E-state index contributed by atoms with van der Waals surface area (Å²) in [6.45, 7) is 0.591. The van der Waals surface area contributed by atoms with Crippen LogP contribution in [0.25, 0.3) is 10.8 Å². The van der Waals surface area contributed by atoms with Gasteiger partial charge in [-0.15, -0.1) is 0 Å². The Labute approximate surface area is 155 Å². The molecule has 0 aliphatic carbocycles. The third-order valence-corrected chi connectivity index (χ3v) is 4.01. The maximum absolute atomic E-state index is 12.0. The van der Waals surface area contributed by atoms with E-state index in [1.807, 2.05) is 42.5 Å². The molecule has 0 unspecified atom stereocenters. The van der Waals surface area contributed by atoms with E-state index in [9.17, 15) is 9.59 Å². The van der Waals surface area contributed by atoms with Gasteiger partial charge in [-0.25, -0.2) is 0 Å². The molecular formula is C20H18ClNO4. The van der Waals surface area contributed by atoms with Gasteiger partial charge in [0.15, 0.2) is 5.76 Å². The fourth-order valence-corrected chi connectivity index (χ4v) is 2.64. The van der Waals surface area contributed by atoms with Gasteiger partial charge in [0.1, 0.15) is 18.1 Å². The summed E-state index contributed by atoms with van der Waals surface area (Å²) in [5, 5.41) is 4.51. The van der Waals surface area contributed by atoms with Crippen molar-refractivity contribution in [2.75, 3.05) is 6.54 Å². The molecule has 0 radical (unpaired) electrons. The number of furan rings is 1. The number of rotatable bonds is 8. The van der Waals surface area contributed by atoms with Crippen molar-refractivity contribution >= 4 is 33.5 Å². The Morgan fingerprint density at radius 1 is 1.04 bits per heavy atom. The van der Waals surface area contributed by atoms with Crippen LogP contribution in [0.4, 0.5) is 0 Å². The number of amides is 1. The first-order valence-electron chi connectivity index (χ1n) is 8.29. The Bertz CT molecular complexity index is 919. The highest BCUT2D eigenvalue weighted by molar-refractivity contribution is 6.63. The summed E-state index contributed by atoms with van der Waals surface area (Å²) in [4.78, 5) is 22.6. The summed E-state index contributed by atoms with van der Waals surface area (Å²) in [5.74, 6) is 1.17. The molecule has 0 saturated heterocycles. The number of carbonyl (C=O) groups excluding carboxylic acids is 2. The van der Waals surface area contributed by atoms with Gasteiger partial charge < -0.3 is 14.5 Å². The molecule has 0 aliphatic rings. The van der Waals surface area contributed by atoms with Crippen LogP contribution < -0.4 is 10.1 Å². The van der Waals surface area contributed by atoms with Gasteiger partial charge in [-0.2, -0.15) is 0 Å². The molecule has 1 aromatic heterocycles. The van der Waals surface area contributed by atoms with E-state index in [4.69, 9.17) is 20.8 Å². The molecule has 26 heavy (non-hydrogen) atoms. The van der Waals surface area contributed by atoms with E-state index in [0.717, 1.165) is 16.5 Å². The number of halogens is 1. The van der Waals surface area contributed by atoms with Gasteiger partial charge in [-0.3, -0.25) is 9.59 Å². The third-order valence-electron chi connectivity index (χ3n) is 3.82. The molecule has 0 saturated carbocycles. The molecule has 1 amide bonds. The smallest absolute Gasteiger partial charge is 0.286 e. The number of nitrogens with one attached hydrogen (secondary N) is 1. The minimum Gasteiger partial charge on any atom is -0.486 e. The topological polar surface area (TPSA) is 68.5 Å². The second-order valence-corrected chi connectivity index (χ2v) is 6.20. The molecule has 1 N–H and O–H groups in total. The highest BCUT2D eigenvalue weighted by atomic mass is 35.5. The summed E-state index contributed by atoms with van der Waals surface area (Å²) in [6, 6.07) is 17.2. The Morgan fingerprint density at radius 3 is 2.65 bits per heavy atom. The predicted octanol–water partition coefficient (Wildman–Crippen LogP) is 4.29. The number of fused-ring (bicyclic) bond motifs is 1. The lowest BCUT2D eigenvalue weighted by Gasteiger charge is -2.06. The van der Waals surface area contributed by atoms with Crippen molar-refractivity contribution < 1.29 is 18.7 Å². The zero-order valence-electron chi connectivity index (χ0n) is 14.0. The van der Waals surface area contributed by atoms with Crippen molar-refractivity contribution in [2.24, 2.45) is 0 Å². The second-order valence-electron chi connectivity index (χ2n) is 5.78. The van der Waals surface area contributed by atoms with Crippen LogP contribution in [-0.2, 0) is 11.4 Å². The lowest BCUT2D eigenvalue weighted by Crippen LogP contribution is -2.24. The molecular weight excluding hydrogens is 354 g/mol. The van der Waals surface area contributed by atoms with Crippen LogP contribution in [0, 0.1) is 0 Å². The Kier molecular flexibility index (Phi) is 5.92. The van der Waals surface area contributed by atoms with Crippen molar-refractivity contribution in [2.45, 2.75) is 19.4 Å². The molecule has 6 heteroatoms. The van der Waals surface area contributed by atoms with E-state index < -0.39 is 5.24 Å². The summed E-state index contributed by atoms with van der Waals surface area (Å²) >= 11 is 5.25. The van der Waals surface area contributed by atoms with Crippen LogP contribution >= 0.6 is 11.6 Å². The van der Waals surface area contributed by atoms with Gasteiger partial charge >= 0.3 is 0 Å². The van der Waals surface area contributed by atoms with Crippen molar-refractivity contribution in [3.05, 3.63) is 66.1 Å².